The van der Waals surface area contributed by atoms with Crippen molar-refractivity contribution in [3.63, 3.8) is 0 Å². The van der Waals surface area contributed by atoms with Crippen LogP contribution in [-0.2, 0) is 6.54 Å². The van der Waals surface area contributed by atoms with Gasteiger partial charge in [-0.1, -0.05) is 31.9 Å². The Morgan fingerprint density at radius 1 is 1.56 bits per heavy atom. The highest BCUT2D eigenvalue weighted by molar-refractivity contribution is 6.31. The molecule has 0 bridgehead atoms. The highest BCUT2D eigenvalue weighted by Crippen LogP contribution is 2.29. The molecule has 0 fully saturated rings. The Morgan fingerprint density at radius 3 is 2.75 bits per heavy atom. The zero-order valence-corrected chi connectivity index (χ0v) is 11.0. The summed E-state index contributed by atoms with van der Waals surface area (Å²) >= 11 is 6.16. The van der Waals surface area contributed by atoms with Crippen LogP contribution in [0.1, 0.15) is 45.3 Å². The Balaban J connectivity index is 2.97. The van der Waals surface area contributed by atoms with E-state index < -0.39 is 0 Å². The average Bonchev–Trinajstić information content (AvgIpc) is 2.62. The number of nitrogens with zero attached hydrogens (tertiary/aromatic N) is 2. The molecule has 0 aliphatic heterocycles. The van der Waals surface area contributed by atoms with Gasteiger partial charge in [0.25, 0.3) is 0 Å². The molecule has 0 saturated carbocycles. The Morgan fingerprint density at radius 2 is 2.25 bits per heavy atom. The van der Waals surface area contributed by atoms with E-state index in [1.54, 1.807) is 6.20 Å². The molecule has 0 aliphatic carbocycles. The number of halogens is 1. The van der Waals surface area contributed by atoms with E-state index in [1.807, 2.05) is 11.6 Å². The zero-order chi connectivity index (χ0) is 12.1. The molecule has 1 heterocycles. The second kappa shape index (κ2) is 6.23. The van der Waals surface area contributed by atoms with Crippen LogP contribution in [0, 0.1) is 5.92 Å². The van der Waals surface area contributed by atoms with E-state index in [0.717, 1.165) is 25.1 Å². The summed E-state index contributed by atoms with van der Waals surface area (Å²) in [5.41, 5.74) is 3.85. The molecule has 92 valence electrons. The van der Waals surface area contributed by atoms with Crippen LogP contribution >= 0.6 is 11.6 Å². The second-order valence-corrected chi connectivity index (χ2v) is 4.51. The van der Waals surface area contributed by atoms with Crippen molar-refractivity contribution >= 4 is 11.6 Å². The van der Waals surface area contributed by atoms with E-state index in [-0.39, 0.29) is 6.04 Å². The first-order chi connectivity index (χ1) is 7.65. The Labute approximate surface area is 102 Å². The minimum absolute atomic E-state index is 0.0647. The Hall–Kier alpha value is -0.580. The smallest absolute Gasteiger partial charge is 0.0834 e. The van der Waals surface area contributed by atoms with Crippen molar-refractivity contribution in [3.05, 3.63) is 16.9 Å². The minimum atomic E-state index is 0.0647. The summed E-state index contributed by atoms with van der Waals surface area (Å²) in [5, 5.41) is 4.92. The first-order valence-corrected chi connectivity index (χ1v) is 6.20. The molecule has 1 aromatic rings. The van der Waals surface area contributed by atoms with Gasteiger partial charge in [-0.15, -0.1) is 0 Å². The molecule has 0 radical (unpaired) electrons. The lowest BCUT2D eigenvalue weighted by Crippen LogP contribution is -2.34. The summed E-state index contributed by atoms with van der Waals surface area (Å²) in [6.07, 6.45) is 3.93. The highest BCUT2D eigenvalue weighted by atomic mass is 35.5. The summed E-state index contributed by atoms with van der Waals surface area (Å²) in [4.78, 5) is 0. The Kier molecular flexibility index (Phi) is 5.25. The maximum Gasteiger partial charge on any atom is 0.0834 e. The fraction of sp³-hybridized carbons (Fsp3) is 0.727. The standard InChI is InChI=1S/C11H21ClN4/c1-4-6-8(3)10(15-13)11-9(12)7-14-16(11)5-2/h7-8,10,15H,4-6,13H2,1-3H3. The lowest BCUT2D eigenvalue weighted by atomic mass is 9.95. The topological polar surface area (TPSA) is 55.9 Å². The van der Waals surface area contributed by atoms with Gasteiger partial charge in [0.1, 0.15) is 0 Å². The molecule has 0 saturated heterocycles. The van der Waals surface area contributed by atoms with Crippen molar-refractivity contribution in [2.24, 2.45) is 11.8 Å². The van der Waals surface area contributed by atoms with E-state index in [2.05, 4.69) is 24.4 Å². The minimum Gasteiger partial charge on any atom is -0.271 e. The molecule has 0 aliphatic rings. The lowest BCUT2D eigenvalue weighted by Gasteiger charge is -2.24. The van der Waals surface area contributed by atoms with Crippen LogP contribution in [0.5, 0.6) is 0 Å². The largest absolute Gasteiger partial charge is 0.271 e. The first kappa shape index (κ1) is 13.5. The van der Waals surface area contributed by atoms with Gasteiger partial charge in [-0.2, -0.15) is 5.10 Å². The van der Waals surface area contributed by atoms with E-state index in [9.17, 15) is 0 Å². The number of nitrogens with one attached hydrogen (secondary N) is 1. The maximum absolute atomic E-state index is 6.16. The third-order valence-electron chi connectivity index (χ3n) is 2.92. The van der Waals surface area contributed by atoms with E-state index in [4.69, 9.17) is 17.4 Å². The van der Waals surface area contributed by atoms with Crippen molar-refractivity contribution in [2.75, 3.05) is 0 Å². The predicted octanol–water partition coefficient (Wildman–Crippen LogP) is 2.50. The molecule has 0 aromatic carbocycles. The molecule has 5 heteroatoms. The molecule has 0 spiro atoms. The molecule has 4 nitrogen and oxygen atoms in total. The van der Waals surface area contributed by atoms with E-state index in [1.165, 1.54) is 0 Å². The van der Waals surface area contributed by atoms with Gasteiger partial charge in [0.2, 0.25) is 0 Å². The first-order valence-electron chi connectivity index (χ1n) is 5.82. The van der Waals surface area contributed by atoms with Crippen LogP contribution in [0.4, 0.5) is 0 Å². The van der Waals surface area contributed by atoms with Crippen LogP contribution in [-0.4, -0.2) is 9.78 Å². The third-order valence-corrected chi connectivity index (χ3v) is 3.21. The van der Waals surface area contributed by atoms with Crippen molar-refractivity contribution < 1.29 is 0 Å². The van der Waals surface area contributed by atoms with Crippen LogP contribution in [0.2, 0.25) is 5.02 Å². The van der Waals surface area contributed by atoms with Gasteiger partial charge >= 0.3 is 0 Å². The highest BCUT2D eigenvalue weighted by Gasteiger charge is 2.23. The normalized spacial score (nSPS) is 15.1. The van der Waals surface area contributed by atoms with Crippen LogP contribution in [0.15, 0.2) is 6.20 Å². The molecule has 1 rings (SSSR count). The quantitative estimate of drug-likeness (QED) is 0.597. The van der Waals surface area contributed by atoms with Crippen LogP contribution < -0.4 is 11.3 Å². The van der Waals surface area contributed by atoms with Crippen molar-refractivity contribution in [3.8, 4) is 0 Å². The van der Waals surface area contributed by atoms with Gasteiger partial charge in [0.05, 0.1) is 23.0 Å². The molecule has 0 amide bonds. The van der Waals surface area contributed by atoms with E-state index >= 15 is 0 Å². The maximum atomic E-state index is 6.16. The number of hydrogen-bond donors (Lipinski definition) is 2. The summed E-state index contributed by atoms with van der Waals surface area (Å²) in [6, 6.07) is 0.0647. The molecule has 16 heavy (non-hydrogen) atoms. The molecular weight excluding hydrogens is 224 g/mol. The number of nitrogens with two attached hydrogens (primary N) is 1. The van der Waals surface area contributed by atoms with Gasteiger partial charge in [0.15, 0.2) is 0 Å². The third kappa shape index (κ3) is 2.75. The number of aromatic nitrogens is 2. The summed E-state index contributed by atoms with van der Waals surface area (Å²) in [5.74, 6) is 6.08. The number of rotatable bonds is 6. The lowest BCUT2D eigenvalue weighted by molar-refractivity contribution is 0.347. The van der Waals surface area contributed by atoms with Crippen molar-refractivity contribution in [2.45, 2.75) is 46.2 Å². The van der Waals surface area contributed by atoms with Gasteiger partial charge in [-0.05, 0) is 19.3 Å². The predicted molar refractivity (Wildman–Crippen MR) is 67.0 cm³/mol. The summed E-state index contributed by atoms with van der Waals surface area (Å²) < 4.78 is 1.90. The molecule has 2 unspecified atom stereocenters. The monoisotopic (exact) mass is 244 g/mol. The number of hydrazine groups is 1. The summed E-state index contributed by atoms with van der Waals surface area (Å²) in [7, 11) is 0. The molecule has 1 aromatic heterocycles. The SMILES string of the molecule is CCCC(C)C(NN)c1c(Cl)cnn1CC. The fourth-order valence-corrected chi connectivity index (χ4v) is 2.33. The average molecular weight is 245 g/mol. The van der Waals surface area contributed by atoms with E-state index in [0.29, 0.717) is 10.9 Å². The van der Waals surface area contributed by atoms with Crippen molar-refractivity contribution in [1.29, 1.82) is 0 Å². The molecule has 2 atom stereocenters. The second-order valence-electron chi connectivity index (χ2n) is 4.10. The Bertz CT molecular complexity index is 324. The van der Waals surface area contributed by atoms with Crippen LogP contribution in [0.3, 0.4) is 0 Å². The summed E-state index contributed by atoms with van der Waals surface area (Å²) in [6.45, 7) is 7.20. The number of hydrogen-bond acceptors (Lipinski definition) is 3. The molecule has 3 N–H and O–H groups in total. The van der Waals surface area contributed by atoms with Gasteiger partial charge in [-0.25, -0.2) is 0 Å². The van der Waals surface area contributed by atoms with Crippen molar-refractivity contribution in [1.82, 2.24) is 15.2 Å². The van der Waals surface area contributed by atoms with Crippen LogP contribution in [0.25, 0.3) is 0 Å². The van der Waals surface area contributed by atoms with Gasteiger partial charge in [0, 0.05) is 6.54 Å². The fourth-order valence-electron chi connectivity index (χ4n) is 2.07. The van der Waals surface area contributed by atoms with Gasteiger partial charge < -0.3 is 0 Å². The zero-order valence-electron chi connectivity index (χ0n) is 10.2. The van der Waals surface area contributed by atoms with Gasteiger partial charge in [-0.3, -0.25) is 16.0 Å². The number of aryl methyl sites for hydroxylation is 1. The molecular formula is C11H21ClN4.